The van der Waals surface area contributed by atoms with E-state index in [-0.39, 0.29) is 11.8 Å². The summed E-state index contributed by atoms with van der Waals surface area (Å²) < 4.78 is 13.1. The van der Waals surface area contributed by atoms with Crippen LogP contribution in [0.5, 0.6) is 0 Å². The van der Waals surface area contributed by atoms with Crippen molar-refractivity contribution in [3.05, 3.63) is 66.0 Å². The third kappa shape index (κ3) is 3.51. The average Bonchev–Trinajstić information content (AvgIpc) is 3.02. The van der Waals surface area contributed by atoms with Crippen LogP contribution in [-0.4, -0.2) is 30.2 Å². The van der Waals surface area contributed by atoms with E-state index < -0.39 is 5.91 Å². The van der Waals surface area contributed by atoms with E-state index >= 15 is 0 Å². The summed E-state index contributed by atoms with van der Waals surface area (Å²) in [5.41, 5.74) is 3.47. The smallest absolute Gasteiger partial charge is 0.292 e. The molecule has 1 aliphatic rings. The lowest BCUT2D eigenvalue weighted by Crippen LogP contribution is -2.32. The van der Waals surface area contributed by atoms with Gasteiger partial charge in [-0.15, -0.1) is 0 Å². The van der Waals surface area contributed by atoms with Crippen LogP contribution in [-0.2, 0) is 4.79 Å². The molecule has 2 aromatic rings. The summed E-state index contributed by atoms with van der Waals surface area (Å²) in [4.78, 5) is 27.1. The predicted octanol–water partition coefficient (Wildman–Crippen LogP) is 2.79. The quantitative estimate of drug-likeness (QED) is 0.510. The number of nitrogens with zero attached hydrogens (tertiary/aromatic N) is 2. The summed E-state index contributed by atoms with van der Waals surface area (Å²) in [7, 11) is 0. The lowest BCUT2D eigenvalue weighted by Gasteiger charge is -2.20. The standard InChI is InChI=1S/C18H16FN3O3/c19-14-6-8-15(9-7-14)21-11-12-22(18(21)24)16-4-2-1-3-13(16)5-10-17(23)20-25/h1-10,25H,11-12H2,(H,20,23)/b10-5+. The summed E-state index contributed by atoms with van der Waals surface area (Å²) in [6.45, 7) is 0.937. The van der Waals surface area contributed by atoms with Gasteiger partial charge < -0.3 is 0 Å². The van der Waals surface area contributed by atoms with Gasteiger partial charge in [-0.25, -0.2) is 14.7 Å². The Bertz CT molecular complexity index is 821. The molecule has 0 unspecified atom stereocenters. The number of nitrogens with one attached hydrogen (secondary N) is 1. The highest BCUT2D eigenvalue weighted by Gasteiger charge is 2.31. The molecule has 1 fully saturated rings. The Kier molecular flexibility index (Phi) is 4.76. The number of amides is 3. The highest BCUT2D eigenvalue weighted by molar-refractivity contribution is 6.07. The molecule has 3 amide bonds. The number of rotatable bonds is 4. The van der Waals surface area contributed by atoms with Gasteiger partial charge >= 0.3 is 6.03 Å². The number of urea groups is 1. The van der Waals surface area contributed by atoms with E-state index in [1.165, 1.54) is 29.8 Å². The fourth-order valence-corrected chi connectivity index (χ4v) is 2.70. The second-order valence-corrected chi connectivity index (χ2v) is 5.43. The average molecular weight is 341 g/mol. The molecule has 1 heterocycles. The van der Waals surface area contributed by atoms with Crippen molar-refractivity contribution >= 4 is 29.4 Å². The molecule has 0 atom stereocenters. The number of benzene rings is 2. The van der Waals surface area contributed by atoms with E-state index in [0.717, 1.165) is 0 Å². The molecule has 0 aliphatic carbocycles. The molecule has 0 aromatic heterocycles. The first-order chi connectivity index (χ1) is 12.1. The minimum Gasteiger partial charge on any atom is -0.292 e. The van der Waals surface area contributed by atoms with E-state index in [1.54, 1.807) is 46.2 Å². The first kappa shape index (κ1) is 16.7. The zero-order chi connectivity index (χ0) is 17.8. The highest BCUT2D eigenvalue weighted by Crippen LogP contribution is 2.28. The van der Waals surface area contributed by atoms with E-state index in [4.69, 9.17) is 5.21 Å². The van der Waals surface area contributed by atoms with Crippen molar-refractivity contribution < 1.29 is 19.2 Å². The lowest BCUT2D eigenvalue weighted by atomic mass is 10.1. The molecule has 0 saturated carbocycles. The number of hydrogen-bond acceptors (Lipinski definition) is 3. The van der Waals surface area contributed by atoms with Gasteiger partial charge in [0, 0.05) is 24.9 Å². The fourth-order valence-electron chi connectivity index (χ4n) is 2.70. The maximum atomic E-state index is 13.1. The first-order valence-electron chi connectivity index (χ1n) is 7.66. The van der Waals surface area contributed by atoms with Crippen LogP contribution in [0.4, 0.5) is 20.6 Å². The van der Waals surface area contributed by atoms with Crippen molar-refractivity contribution in [2.45, 2.75) is 0 Å². The number of carbonyl (C=O) groups excluding carboxylic acids is 2. The summed E-state index contributed by atoms with van der Waals surface area (Å²) >= 11 is 0. The minimum atomic E-state index is -0.657. The van der Waals surface area contributed by atoms with E-state index in [2.05, 4.69) is 0 Å². The van der Waals surface area contributed by atoms with Crippen molar-refractivity contribution in [3.8, 4) is 0 Å². The zero-order valence-corrected chi connectivity index (χ0v) is 13.2. The Morgan fingerprint density at radius 1 is 1.08 bits per heavy atom. The van der Waals surface area contributed by atoms with Gasteiger partial charge in [0.05, 0.1) is 5.69 Å². The molecule has 1 aliphatic heterocycles. The van der Waals surface area contributed by atoms with Crippen LogP contribution < -0.4 is 15.3 Å². The molecule has 128 valence electrons. The molecule has 0 bridgehead atoms. The van der Waals surface area contributed by atoms with Gasteiger partial charge in [0.2, 0.25) is 0 Å². The van der Waals surface area contributed by atoms with Crippen LogP contribution in [0.3, 0.4) is 0 Å². The molecule has 1 saturated heterocycles. The third-order valence-electron chi connectivity index (χ3n) is 3.90. The van der Waals surface area contributed by atoms with E-state index in [1.807, 2.05) is 0 Å². The van der Waals surface area contributed by atoms with Gasteiger partial charge in [-0.2, -0.15) is 0 Å². The maximum Gasteiger partial charge on any atom is 0.329 e. The van der Waals surface area contributed by atoms with Crippen molar-refractivity contribution in [1.82, 2.24) is 5.48 Å². The molecule has 0 spiro atoms. The van der Waals surface area contributed by atoms with Crippen LogP contribution in [0.15, 0.2) is 54.6 Å². The second kappa shape index (κ2) is 7.14. The summed E-state index contributed by atoms with van der Waals surface area (Å²) in [6, 6.07) is 12.7. The van der Waals surface area contributed by atoms with Crippen molar-refractivity contribution in [2.75, 3.05) is 22.9 Å². The van der Waals surface area contributed by atoms with Gasteiger partial charge in [0.25, 0.3) is 5.91 Å². The summed E-state index contributed by atoms with van der Waals surface area (Å²) in [5, 5.41) is 8.57. The number of anilines is 2. The predicted molar refractivity (Wildman–Crippen MR) is 91.9 cm³/mol. The molecular formula is C18H16FN3O3. The summed E-state index contributed by atoms with van der Waals surface area (Å²) in [6.07, 6.45) is 2.70. The van der Waals surface area contributed by atoms with Crippen molar-refractivity contribution in [1.29, 1.82) is 0 Å². The maximum absolute atomic E-state index is 13.1. The van der Waals surface area contributed by atoms with Gasteiger partial charge in [-0.05, 0) is 42.0 Å². The molecule has 25 heavy (non-hydrogen) atoms. The van der Waals surface area contributed by atoms with Crippen molar-refractivity contribution in [3.63, 3.8) is 0 Å². The SMILES string of the molecule is O=C(/C=C/c1ccccc1N1CCN(c2ccc(F)cc2)C1=O)NO. The second-order valence-electron chi connectivity index (χ2n) is 5.43. The van der Waals surface area contributed by atoms with Crippen LogP contribution >= 0.6 is 0 Å². The molecule has 6 nitrogen and oxygen atoms in total. The van der Waals surface area contributed by atoms with Crippen LogP contribution in [0.25, 0.3) is 6.08 Å². The minimum absolute atomic E-state index is 0.223. The molecule has 7 heteroatoms. The molecule has 2 N–H and O–H groups in total. The first-order valence-corrected chi connectivity index (χ1v) is 7.66. The lowest BCUT2D eigenvalue weighted by molar-refractivity contribution is -0.124. The fraction of sp³-hybridized carbons (Fsp3) is 0.111. The molecule has 0 radical (unpaired) electrons. The molecule has 3 rings (SSSR count). The number of carbonyl (C=O) groups is 2. The normalized spacial score (nSPS) is 14.4. The topological polar surface area (TPSA) is 72.9 Å². The number of halogens is 1. The number of para-hydroxylation sites is 1. The number of hydrogen-bond donors (Lipinski definition) is 2. The van der Waals surface area contributed by atoms with Gasteiger partial charge in [0.15, 0.2) is 0 Å². The van der Waals surface area contributed by atoms with E-state index in [0.29, 0.717) is 30.0 Å². The van der Waals surface area contributed by atoms with Crippen LogP contribution in [0, 0.1) is 5.82 Å². The number of hydroxylamine groups is 1. The highest BCUT2D eigenvalue weighted by atomic mass is 19.1. The monoisotopic (exact) mass is 341 g/mol. The van der Waals surface area contributed by atoms with E-state index in [9.17, 15) is 14.0 Å². The Balaban J connectivity index is 1.86. The Morgan fingerprint density at radius 2 is 1.76 bits per heavy atom. The largest absolute Gasteiger partial charge is 0.329 e. The van der Waals surface area contributed by atoms with Gasteiger partial charge in [-0.3, -0.25) is 19.8 Å². The summed E-state index contributed by atoms with van der Waals surface area (Å²) in [5.74, 6) is -1.01. The van der Waals surface area contributed by atoms with Gasteiger partial charge in [-0.1, -0.05) is 18.2 Å². The van der Waals surface area contributed by atoms with Crippen molar-refractivity contribution in [2.24, 2.45) is 0 Å². The third-order valence-corrected chi connectivity index (χ3v) is 3.90. The van der Waals surface area contributed by atoms with Crippen LogP contribution in [0.2, 0.25) is 0 Å². The molecule has 2 aromatic carbocycles. The zero-order valence-electron chi connectivity index (χ0n) is 13.2. The Morgan fingerprint density at radius 3 is 2.48 bits per heavy atom. The Labute approximate surface area is 143 Å². The van der Waals surface area contributed by atoms with Crippen LogP contribution in [0.1, 0.15) is 5.56 Å². The van der Waals surface area contributed by atoms with Gasteiger partial charge in [0.1, 0.15) is 5.82 Å². The Hall–Kier alpha value is -3.19. The molecular weight excluding hydrogens is 325 g/mol.